The molecule has 1 rings (SSSR count). The number of pyridine rings is 1. The zero-order valence-electron chi connectivity index (χ0n) is 8.24. The van der Waals surface area contributed by atoms with Gasteiger partial charge in [0.2, 0.25) is 0 Å². The molecule has 5 heteroatoms. The van der Waals surface area contributed by atoms with E-state index in [1.807, 2.05) is 11.9 Å². The van der Waals surface area contributed by atoms with E-state index in [1.165, 1.54) is 6.20 Å². The summed E-state index contributed by atoms with van der Waals surface area (Å²) in [5, 5.41) is 9.72. The summed E-state index contributed by atoms with van der Waals surface area (Å²) in [4.78, 5) is 5.67. The Kier molecular flexibility index (Phi) is 3.55. The maximum Gasteiger partial charge on any atom is 0.0843 e. The minimum Gasteiger partial charge on any atom is -0.396 e. The molecule has 1 aromatic rings. The number of hydrogen-bond donors (Lipinski definition) is 2. The average molecular weight is 216 g/mol. The standard InChI is InChI=1S/C9H14ClN3O/c1-6(14)5-13(2)9-7(10)3-12-4-8(9)11/h3-4,6,14H,5,11H2,1-2H3. The van der Waals surface area contributed by atoms with Crippen molar-refractivity contribution in [2.45, 2.75) is 13.0 Å². The van der Waals surface area contributed by atoms with Crippen molar-refractivity contribution in [1.82, 2.24) is 4.98 Å². The molecule has 0 bridgehead atoms. The van der Waals surface area contributed by atoms with Crippen LogP contribution in [0.1, 0.15) is 6.92 Å². The third-order valence-corrected chi connectivity index (χ3v) is 2.10. The Labute approximate surface area is 88.3 Å². The predicted octanol–water partition coefficient (Wildman–Crippen LogP) is 1.13. The summed E-state index contributed by atoms with van der Waals surface area (Å²) < 4.78 is 0. The van der Waals surface area contributed by atoms with Gasteiger partial charge >= 0.3 is 0 Å². The fraction of sp³-hybridized carbons (Fsp3) is 0.444. The van der Waals surface area contributed by atoms with Crippen LogP contribution in [-0.4, -0.2) is 29.8 Å². The first-order chi connectivity index (χ1) is 6.52. The minimum atomic E-state index is -0.427. The second-order valence-electron chi connectivity index (χ2n) is 3.29. The molecule has 0 spiro atoms. The van der Waals surface area contributed by atoms with Crippen LogP contribution in [0.3, 0.4) is 0 Å². The molecule has 0 aliphatic rings. The van der Waals surface area contributed by atoms with Gasteiger partial charge in [0, 0.05) is 19.8 Å². The van der Waals surface area contributed by atoms with Crippen LogP contribution in [0.5, 0.6) is 0 Å². The molecule has 0 aliphatic heterocycles. The van der Waals surface area contributed by atoms with E-state index >= 15 is 0 Å². The van der Waals surface area contributed by atoms with E-state index in [0.717, 1.165) is 0 Å². The highest BCUT2D eigenvalue weighted by atomic mass is 35.5. The monoisotopic (exact) mass is 215 g/mol. The van der Waals surface area contributed by atoms with E-state index < -0.39 is 6.10 Å². The van der Waals surface area contributed by atoms with Crippen molar-refractivity contribution in [2.75, 3.05) is 24.2 Å². The Hall–Kier alpha value is -1.00. The number of nitrogen functional groups attached to an aromatic ring is 1. The van der Waals surface area contributed by atoms with Crippen molar-refractivity contribution in [1.29, 1.82) is 0 Å². The minimum absolute atomic E-state index is 0.427. The summed E-state index contributed by atoms with van der Waals surface area (Å²) in [7, 11) is 1.82. The lowest BCUT2D eigenvalue weighted by atomic mass is 10.3. The highest BCUT2D eigenvalue weighted by Gasteiger charge is 2.11. The van der Waals surface area contributed by atoms with Gasteiger partial charge in [0.25, 0.3) is 0 Å². The highest BCUT2D eigenvalue weighted by Crippen LogP contribution is 2.29. The van der Waals surface area contributed by atoms with Gasteiger partial charge in [0.1, 0.15) is 0 Å². The number of likely N-dealkylation sites (N-methyl/N-ethyl adjacent to an activating group) is 1. The van der Waals surface area contributed by atoms with Crippen LogP contribution < -0.4 is 10.6 Å². The molecular formula is C9H14ClN3O. The van der Waals surface area contributed by atoms with Gasteiger partial charge in [-0.05, 0) is 6.92 Å². The zero-order valence-corrected chi connectivity index (χ0v) is 8.99. The van der Waals surface area contributed by atoms with Crippen LogP contribution in [0.4, 0.5) is 11.4 Å². The summed E-state index contributed by atoms with van der Waals surface area (Å²) in [6.07, 6.45) is 2.65. The summed E-state index contributed by atoms with van der Waals surface area (Å²) in [6.45, 7) is 2.19. The normalized spacial score (nSPS) is 12.6. The first-order valence-electron chi connectivity index (χ1n) is 4.30. The number of aliphatic hydroxyl groups is 1. The number of nitrogens with zero attached hydrogens (tertiary/aromatic N) is 2. The largest absolute Gasteiger partial charge is 0.396 e. The summed E-state index contributed by atoms with van der Waals surface area (Å²) in [5.41, 5.74) is 6.95. The molecule has 1 atom stereocenters. The molecule has 3 N–H and O–H groups in total. The smallest absolute Gasteiger partial charge is 0.0843 e. The molecular weight excluding hydrogens is 202 g/mol. The Balaban J connectivity index is 2.94. The molecule has 4 nitrogen and oxygen atoms in total. The van der Waals surface area contributed by atoms with E-state index in [-0.39, 0.29) is 0 Å². The molecule has 1 heterocycles. The van der Waals surface area contributed by atoms with Crippen molar-refractivity contribution < 1.29 is 5.11 Å². The molecule has 0 aromatic carbocycles. The summed E-state index contributed by atoms with van der Waals surface area (Å²) in [6, 6.07) is 0. The summed E-state index contributed by atoms with van der Waals surface area (Å²) >= 11 is 5.94. The molecule has 0 fully saturated rings. The third-order valence-electron chi connectivity index (χ3n) is 1.82. The van der Waals surface area contributed by atoms with Gasteiger partial charge in [-0.1, -0.05) is 11.6 Å². The third kappa shape index (κ3) is 2.49. The van der Waals surface area contributed by atoms with Gasteiger partial charge < -0.3 is 15.7 Å². The Morgan fingerprint density at radius 3 is 2.79 bits per heavy atom. The van der Waals surface area contributed by atoms with E-state index in [2.05, 4.69) is 4.98 Å². The van der Waals surface area contributed by atoms with Gasteiger partial charge in [-0.3, -0.25) is 4.98 Å². The van der Waals surface area contributed by atoms with Gasteiger partial charge in [0.15, 0.2) is 0 Å². The number of aromatic nitrogens is 1. The van der Waals surface area contributed by atoms with E-state index in [1.54, 1.807) is 13.1 Å². The summed E-state index contributed by atoms with van der Waals surface area (Å²) in [5.74, 6) is 0. The molecule has 0 saturated heterocycles. The van der Waals surface area contributed by atoms with Gasteiger partial charge in [-0.2, -0.15) is 0 Å². The molecule has 0 aliphatic carbocycles. The molecule has 1 unspecified atom stereocenters. The van der Waals surface area contributed by atoms with Crippen molar-refractivity contribution >= 4 is 23.0 Å². The highest BCUT2D eigenvalue weighted by molar-refractivity contribution is 6.33. The number of nitrogens with two attached hydrogens (primary N) is 1. The number of hydrogen-bond acceptors (Lipinski definition) is 4. The molecule has 0 amide bonds. The maximum atomic E-state index is 9.22. The van der Waals surface area contributed by atoms with Crippen molar-refractivity contribution in [3.63, 3.8) is 0 Å². The first-order valence-corrected chi connectivity index (χ1v) is 4.68. The fourth-order valence-corrected chi connectivity index (χ4v) is 1.64. The van der Waals surface area contributed by atoms with Crippen molar-refractivity contribution in [2.24, 2.45) is 0 Å². The lowest BCUT2D eigenvalue weighted by molar-refractivity contribution is 0.201. The molecule has 78 valence electrons. The Bertz CT molecular complexity index is 297. The Morgan fingerprint density at radius 2 is 2.29 bits per heavy atom. The van der Waals surface area contributed by atoms with Gasteiger partial charge in [-0.15, -0.1) is 0 Å². The quantitative estimate of drug-likeness (QED) is 0.794. The second kappa shape index (κ2) is 4.48. The zero-order chi connectivity index (χ0) is 10.7. The predicted molar refractivity (Wildman–Crippen MR) is 58.6 cm³/mol. The van der Waals surface area contributed by atoms with Crippen molar-refractivity contribution in [3.8, 4) is 0 Å². The molecule has 0 saturated carbocycles. The van der Waals surface area contributed by atoms with Crippen LogP contribution in [0.2, 0.25) is 5.02 Å². The lowest BCUT2D eigenvalue weighted by Gasteiger charge is -2.23. The number of aliphatic hydroxyl groups excluding tert-OH is 1. The molecule has 1 aromatic heterocycles. The number of anilines is 2. The van der Waals surface area contributed by atoms with Crippen LogP contribution in [0.15, 0.2) is 12.4 Å². The second-order valence-corrected chi connectivity index (χ2v) is 3.70. The van der Waals surface area contributed by atoms with E-state index in [4.69, 9.17) is 17.3 Å². The fourth-order valence-electron chi connectivity index (χ4n) is 1.33. The number of halogens is 1. The molecule has 14 heavy (non-hydrogen) atoms. The van der Waals surface area contributed by atoms with Crippen LogP contribution in [0, 0.1) is 0 Å². The first kappa shape index (κ1) is 11.1. The van der Waals surface area contributed by atoms with Crippen LogP contribution in [-0.2, 0) is 0 Å². The SMILES string of the molecule is CC(O)CN(C)c1c(N)cncc1Cl. The maximum absolute atomic E-state index is 9.22. The number of rotatable bonds is 3. The van der Waals surface area contributed by atoms with Gasteiger partial charge in [0.05, 0.1) is 28.7 Å². The van der Waals surface area contributed by atoms with E-state index in [9.17, 15) is 5.11 Å². The average Bonchev–Trinajstić information content (AvgIpc) is 2.01. The molecule has 0 radical (unpaired) electrons. The topological polar surface area (TPSA) is 62.4 Å². The van der Waals surface area contributed by atoms with Crippen molar-refractivity contribution in [3.05, 3.63) is 17.4 Å². The van der Waals surface area contributed by atoms with Gasteiger partial charge in [-0.25, -0.2) is 0 Å². The van der Waals surface area contributed by atoms with Crippen LogP contribution in [0.25, 0.3) is 0 Å². The van der Waals surface area contributed by atoms with E-state index in [0.29, 0.717) is 22.9 Å². The lowest BCUT2D eigenvalue weighted by Crippen LogP contribution is -2.27. The van der Waals surface area contributed by atoms with Crippen LogP contribution >= 0.6 is 11.6 Å². The Morgan fingerprint density at radius 1 is 1.64 bits per heavy atom.